The maximum absolute atomic E-state index is 13.0. The molecule has 5 rings (SSSR count). The van der Waals surface area contributed by atoms with Gasteiger partial charge in [-0.15, -0.1) is 10.2 Å². The van der Waals surface area contributed by atoms with E-state index in [0.29, 0.717) is 23.9 Å². The molecular formula is C20H23N3O3. The number of hydrogen-bond donors (Lipinski definition) is 1. The van der Waals surface area contributed by atoms with Crippen molar-refractivity contribution in [2.75, 3.05) is 13.1 Å². The van der Waals surface area contributed by atoms with Crippen molar-refractivity contribution < 1.29 is 14.3 Å². The molecule has 6 nitrogen and oxygen atoms in total. The molecule has 2 aliphatic carbocycles. The van der Waals surface area contributed by atoms with Gasteiger partial charge in [0.2, 0.25) is 11.8 Å². The van der Waals surface area contributed by atoms with Crippen LogP contribution in [-0.4, -0.2) is 39.2 Å². The molecule has 26 heavy (non-hydrogen) atoms. The van der Waals surface area contributed by atoms with Gasteiger partial charge in [-0.1, -0.05) is 18.6 Å². The smallest absolute Gasteiger partial charge is 0.253 e. The topological polar surface area (TPSA) is 79.5 Å². The highest BCUT2D eigenvalue weighted by Crippen LogP contribution is 2.51. The molecule has 136 valence electrons. The normalized spacial score (nSPS) is 27.7. The number of aromatic nitrogens is 2. The number of nitrogens with zero attached hydrogens (tertiary/aromatic N) is 3. The first-order valence-electron chi connectivity index (χ1n) is 9.52. The van der Waals surface area contributed by atoms with Crippen LogP contribution in [0.5, 0.6) is 0 Å². The maximum atomic E-state index is 13.0. The fraction of sp³-hybridized carbons (Fsp3) is 0.550. The zero-order valence-electron chi connectivity index (χ0n) is 14.7. The Bertz CT molecular complexity index is 844. The molecule has 3 fully saturated rings. The number of hydrogen-bond acceptors (Lipinski definition) is 5. The van der Waals surface area contributed by atoms with Crippen molar-refractivity contribution in [2.45, 2.75) is 50.0 Å². The monoisotopic (exact) mass is 353 g/mol. The summed E-state index contributed by atoms with van der Waals surface area (Å²) in [6, 6.07) is 7.25. The Morgan fingerprint density at radius 2 is 2.19 bits per heavy atom. The zero-order valence-corrected chi connectivity index (χ0v) is 14.7. The lowest BCUT2D eigenvalue weighted by atomic mass is 9.80. The minimum atomic E-state index is -0.176. The summed E-state index contributed by atoms with van der Waals surface area (Å²) in [6.07, 6.45) is 5.54. The fourth-order valence-corrected chi connectivity index (χ4v) is 4.71. The molecule has 0 unspecified atom stereocenters. The maximum Gasteiger partial charge on any atom is 0.253 e. The lowest BCUT2D eigenvalue weighted by Crippen LogP contribution is -2.35. The Morgan fingerprint density at radius 3 is 3.00 bits per heavy atom. The van der Waals surface area contributed by atoms with Crippen LogP contribution in [0.25, 0.3) is 0 Å². The van der Waals surface area contributed by atoms with Crippen molar-refractivity contribution in [3.05, 3.63) is 47.2 Å². The van der Waals surface area contributed by atoms with Gasteiger partial charge in [-0.3, -0.25) is 4.79 Å². The molecule has 1 N–H and O–H groups in total. The molecule has 1 aromatic carbocycles. The second kappa shape index (κ2) is 5.91. The third kappa shape index (κ3) is 2.47. The lowest BCUT2D eigenvalue weighted by molar-refractivity contribution is 0.0775. The van der Waals surface area contributed by atoms with Crippen molar-refractivity contribution >= 4 is 5.91 Å². The van der Waals surface area contributed by atoms with Crippen LogP contribution in [0.4, 0.5) is 0 Å². The van der Waals surface area contributed by atoms with Gasteiger partial charge in [0.1, 0.15) is 0 Å². The predicted molar refractivity (Wildman–Crippen MR) is 93.6 cm³/mol. The van der Waals surface area contributed by atoms with E-state index in [1.165, 1.54) is 0 Å². The van der Waals surface area contributed by atoms with E-state index in [0.717, 1.165) is 56.0 Å². The minimum absolute atomic E-state index is 0.0241. The SMILES string of the molecule is O=C(c1cccc(CO)c1)N1C[C@@H]2CCC[C@]2(c2nnc(C3CC3)o2)C1. The molecule has 0 spiro atoms. The summed E-state index contributed by atoms with van der Waals surface area (Å²) in [7, 11) is 0. The van der Waals surface area contributed by atoms with Crippen LogP contribution in [0.3, 0.4) is 0 Å². The molecule has 2 aromatic rings. The van der Waals surface area contributed by atoms with Gasteiger partial charge in [-0.2, -0.15) is 0 Å². The van der Waals surface area contributed by atoms with Gasteiger partial charge in [0.25, 0.3) is 5.91 Å². The molecule has 6 heteroatoms. The van der Waals surface area contributed by atoms with E-state index in [9.17, 15) is 9.90 Å². The van der Waals surface area contributed by atoms with Crippen LogP contribution in [0, 0.1) is 5.92 Å². The van der Waals surface area contributed by atoms with Gasteiger partial charge in [0, 0.05) is 24.6 Å². The number of rotatable bonds is 4. The third-order valence-electron chi connectivity index (χ3n) is 6.31. The first-order chi connectivity index (χ1) is 12.7. The highest BCUT2D eigenvalue weighted by atomic mass is 16.4. The van der Waals surface area contributed by atoms with Gasteiger partial charge < -0.3 is 14.4 Å². The van der Waals surface area contributed by atoms with Crippen molar-refractivity contribution in [3.63, 3.8) is 0 Å². The van der Waals surface area contributed by atoms with Gasteiger partial charge in [-0.05, 0) is 49.3 Å². The van der Waals surface area contributed by atoms with Crippen molar-refractivity contribution in [3.8, 4) is 0 Å². The standard InChI is InChI=1S/C20H23N3O3/c24-11-13-3-1-4-15(9-13)18(25)23-10-16-5-2-8-20(16,12-23)19-22-21-17(26-19)14-6-7-14/h1,3-4,9,14,16,24H,2,5-8,10-12H2/t16-,20-/m0/s1. The Hall–Kier alpha value is -2.21. The predicted octanol–water partition coefficient (Wildman–Crippen LogP) is 2.63. The number of likely N-dealkylation sites (tertiary alicyclic amines) is 1. The van der Waals surface area contributed by atoms with E-state index in [2.05, 4.69) is 10.2 Å². The van der Waals surface area contributed by atoms with E-state index < -0.39 is 0 Å². The number of benzene rings is 1. The third-order valence-corrected chi connectivity index (χ3v) is 6.31. The molecule has 0 radical (unpaired) electrons. The van der Waals surface area contributed by atoms with Crippen molar-refractivity contribution in [2.24, 2.45) is 5.92 Å². The molecule has 2 atom stereocenters. The number of fused-ring (bicyclic) bond motifs is 1. The molecular weight excluding hydrogens is 330 g/mol. The first-order valence-corrected chi connectivity index (χ1v) is 9.52. The summed E-state index contributed by atoms with van der Waals surface area (Å²) in [5.74, 6) is 2.38. The summed E-state index contributed by atoms with van der Waals surface area (Å²) >= 11 is 0. The quantitative estimate of drug-likeness (QED) is 0.914. The van der Waals surface area contributed by atoms with Gasteiger partial charge in [-0.25, -0.2) is 0 Å². The molecule has 2 saturated carbocycles. The number of carbonyl (C=O) groups excluding carboxylic acids is 1. The van der Waals surface area contributed by atoms with Crippen LogP contribution in [-0.2, 0) is 12.0 Å². The second-order valence-electron chi connectivity index (χ2n) is 8.01. The van der Waals surface area contributed by atoms with E-state index >= 15 is 0 Å². The number of aliphatic hydroxyl groups is 1. The molecule has 0 bridgehead atoms. The van der Waals surface area contributed by atoms with E-state index in [1.54, 1.807) is 6.07 Å². The van der Waals surface area contributed by atoms with Crippen LogP contribution in [0.2, 0.25) is 0 Å². The summed E-state index contributed by atoms with van der Waals surface area (Å²) in [5, 5.41) is 18.0. The summed E-state index contributed by atoms with van der Waals surface area (Å²) in [6.45, 7) is 1.33. The highest BCUT2D eigenvalue weighted by molar-refractivity contribution is 5.94. The van der Waals surface area contributed by atoms with Crippen LogP contribution in [0.15, 0.2) is 28.7 Å². The molecule has 3 aliphatic rings. The summed E-state index contributed by atoms with van der Waals surface area (Å²) in [5.41, 5.74) is 1.22. The van der Waals surface area contributed by atoms with Crippen LogP contribution in [0.1, 0.15) is 65.7 Å². The molecule has 1 saturated heterocycles. The van der Waals surface area contributed by atoms with Crippen molar-refractivity contribution in [1.29, 1.82) is 0 Å². The Balaban J connectivity index is 1.42. The fourth-order valence-electron chi connectivity index (χ4n) is 4.71. The Kier molecular flexibility index (Phi) is 3.64. The molecule has 1 aromatic heterocycles. The van der Waals surface area contributed by atoms with Gasteiger partial charge in [0.15, 0.2) is 0 Å². The van der Waals surface area contributed by atoms with Gasteiger partial charge >= 0.3 is 0 Å². The van der Waals surface area contributed by atoms with Crippen molar-refractivity contribution in [1.82, 2.24) is 15.1 Å². The van der Waals surface area contributed by atoms with E-state index in [1.807, 2.05) is 23.1 Å². The summed E-state index contributed by atoms with van der Waals surface area (Å²) < 4.78 is 6.07. The Labute approximate surface area is 152 Å². The molecule has 1 aliphatic heterocycles. The second-order valence-corrected chi connectivity index (χ2v) is 8.01. The average molecular weight is 353 g/mol. The zero-order chi connectivity index (χ0) is 17.7. The summed E-state index contributed by atoms with van der Waals surface area (Å²) in [4.78, 5) is 15.0. The highest BCUT2D eigenvalue weighted by Gasteiger charge is 2.55. The van der Waals surface area contributed by atoms with Crippen LogP contribution >= 0.6 is 0 Å². The van der Waals surface area contributed by atoms with Gasteiger partial charge in [0.05, 0.1) is 12.0 Å². The number of aliphatic hydroxyl groups excluding tert-OH is 1. The minimum Gasteiger partial charge on any atom is -0.424 e. The van der Waals surface area contributed by atoms with E-state index in [-0.39, 0.29) is 17.9 Å². The largest absolute Gasteiger partial charge is 0.424 e. The molecule has 2 heterocycles. The average Bonchev–Trinajstić information content (AvgIpc) is 3.09. The van der Waals surface area contributed by atoms with Crippen LogP contribution < -0.4 is 0 Å². The number of amides is 1. The lowest BCUT2D eigenvalue weighted by Gasteiger charge is -2.24. The number of carbonyl (C=O) groups is 1. The van der Waals surface area contributed by atoms with E-state index in [4.69, 9.17) is 4.42 Å². The Morgan fingerprint density at radius 1 is 1.31 bits per heavy atom. The molecule has 1 amide bonds. The first kappa shape index (κ1) is 16.0.